The van der Waals surface area contributed by atoms with Crippen molar-refractivity contribution in [2.24, 2.45) is 0 Å². The number of phenolic OH excluding ortho intramolecular Hbond substituents is 1. The Labute approximate surface area is 120 Å². The van der Waals surface area contributed by atoms with Crippen LogP contribution in [0.25, 0.3) is 11.3 Å². The van der Waals surface area contributed by atoms with Gasteiger partial charge in [0.05, 0.1) is 26.2 Å². The lowest BCUT2D eigenvalue weighted by Gasteiger charge is -2.10. The van der Waals surface area contributed by atoms with Crippen molar-refractivity contribution >= 4 is 12.3 Å². The average molecular weight is 290 g/mol. The quantitative estimate of drug-likeness (QED) is 0.671. The minimum absolute atomic E-state index is 0.0292. The lowest BCUT2D eigenvalue weighted by molar-refractivity contribution is -0.139. The molecule has 0 aliphatic rings. The number of aromatic hydroxyl groups is 1. The van der Waals surface area contributed by atoms with E-state index in [1.165, 1.54) is 20.3 Å². The van der Waals surface area contributed by atoms with Gasteiger partial charge in [-0.15, -0.1) is 0 Å². The number of furan rings is 1. The first-order chi connectivity index (χ1) is 10.1. The van der Waals surface area contributed by atoms with Gasteiger partial charge in [-0.05, 0) is 29.8 Å². The predicted octanol–water partition coefficient (Wildman–Crippen LogP) is 2.19. The van der Waals surface area contributed by atoms with Crippen LogP contribution in [0, 0.1) is 0 Å². The van der Waals surface area contributed by atoms with Crippen molar-refractivity contribution in [2.45, 2.75) is 6.42 Å². The molecule has 0 aliphatic carbocycles. The Kier molecular flexibility index (Phi) is 4.27. The standard InChI is InChI=1S/C15H14O6/c1-19-13-6-9(7-14(17)20-2)5-11(15(13)18)12-4-3-10(8-16)21-12/h3-6,8,18H,7H2,1-2H3. The number of hydrogen-bond acceptors (Lipinski definition) is 6. The molecule has 0 amide bonds. The number of carbonyl (C=O) groups excluding carboxylic acids is 2. The van der Waals surface area contributed by atoms with Gasteiger partial charge in [0.15, 0.2) is 23.5 Å². The van der Waals surface area contributed by atoms with E-state index in [0.29, 0.717) is 23.2 Å². The van der Waals surface area contributed by atoms with Gasteiger partial charge in [-0.3, -0.25) is 9.59 Å². The highest BCUT2D eigenvalue weighted by atomic mass is 16.5. The molecule has 21 heavy (non-hydrogen) atoms. The molecule has 6 nitrogen and oxygen atoms in total. The van der Waals surface area contributed by atoms with Gasteiger partial charge in [-0.2, -0.15) is 0 Å². The first-order valence-corrected chi connectivity index (χ1v) is 6.11. The van der Waals surface area contributed by atoms with E-state index < -0.39 is 5.97 Å². The summed E-state index contributed by atoms with van der Waals surface area (Å²) >= 11 is 0. The van der Waals surface area contributed by atoms with E-state index in [2.05, 4.69) is 4.74 Å². The molecular weight excluding hydrogens is 276 g/mol. The summed E-state index contributed by atoms with van der Waals surface area (Å²) in [6.07, 6.45) is 0.595. The minimum Gasteiger partial charge on any atom is -0.504 e. The normalized spacial score (nSPS) is 10.2. The van der Waals surface area contributed by atoms with E-state index in [1.54, 1.807) is 18.2 Å². The highest BCUT2D eigenvalue weighted by molar-refractivity contribution is 5.78. The zero-order valence-electron chi connectivity index (χ0n) is 11.6. The summed E-state index contributed by atoms with van der Waals surface area (Å²) in [5, 5.41) is 10.2. The Bertz CT molecular complexity index is 671. The van der Waals surface area contributed by atoms with Crippen molar-refractivity contribution in [1.29, 1.82) is 0 Å². The highest BCUT2D eigenvalue weighted by Crippen LogP contribution is 2.39. The predicted molar refractivity (Wildman–Crippen MR) is 73.5 cm³/mol. The number of esters is 1. The first kappa shape index (κ1) is 14.6. The number of rotatable bonds is 5. The van der Waals surface area contributed by atoms with Crippen molar-refractivity contribution in [3.05, 3.63) is 35.6 Å². The third kappa shape index (κ3) is 3.05. The summed E-state index contributed by atoms with van der Waals surface area (Å²) in [5.41, 5.74) is 0.928. The molecule has 110 valence electrons. The van der Waals surface area contributed by atoms with Crippen molar-refractivity contribution < 1.29 is 28.6 Å². The molecule has 0 atom stereocenters. The largest absolute Gasteiger partial charge is 0.504 e. The third-order valence-electron chi connectivity index (χ3n) is 2.94. The molecule has 2 aromatic rings. The Morgan fingerprint density at radius 3 is 2.67 bits per heavy atom. The molecule has 0 unspecified atom stereocenters. The summed E-state index contributed by atoms with van der Waals surface area (Å²) in [5.74, 6) is 0.108. The van der Waals surface area contributed by atoms with Gasteiger partial charge in [-0.1, -0.05) is 0 Å². The zero-order valence-corrected chi connectivity index (χ0v) is 11.6. The molecular formula is C15H14O6. The van der Waals surface area contributed by atoms with Crippen LogP contribution >= 0.6 is 0 Å². The van der Waals surface area contributed by atoms with Crippen LogP contribution in [0.4, 0.5) is 0 Å². The topological polar surface area (TPSA) is 86.0 Å². The van der Waals surface area contributed by atoms with Crippen LogP contribution in [0.1, 0.15) is 16.1 Å². The number of ether oxygens (including phenoxy) is 2. The van der Waals surface area contributed by atoms with Gasteiger partial charge >= 0.3 is 5.97 Å². The van der Waals surface area contributed by atoms with Gasteiger partial charge in [0.2, 0.25) is 0 Å². The van der Waals surface area contributed by atoms with Gasteiger partial charge < -0.3 is 19.0 Å². The van der Waals surface area contributed by atoms with Crippen LogP contribution in [0.15, 0.2) is 28.7 Å². The number of hydrogen-bond donors (Lipinski definition) is 1. The lowest BCUT2D eigenvalue weighted by Crippen LogP contribution is -2.04. The van der Waals surface area contributed by atoms with Crippen LogP contribution in [0.5, 0.6) is 11.5 Å². The summed E-state index contributed by atoms with van der Waals surface area (Å²) in [7, 11) is 2.70. The van der Waals surface area contributed by atoms with E-state index in [1.807, 2.05) is 0 Å². The maximum Gasteiger partial charge on any atom is 0.309 e. The van der Waals surface area contributed by atoms with Gasteiger partial charge in [-0.25, -0.2) is 0 Å². The maximum atomic E-state index is 11.4. The van der Waals surface area contributed by atoms with E-state index in [-0.39, 0.29) is 23.7 Å². The Balaban J connectivity index is 2.50. The number of methoxy groups -OCH3 is 2. The molecule has 0 bridgehead atoms. The fourth-order valence-electron chi connectivity index (χ4n) is 1.91. The first-order valence-electron chi connectivity index (χ1n) is 6.11. The zero-order chi connectivity index (χ0) is 15.4. The number of carbonyl (C=O) groups is 2. The molecule has 0 fully saturated rings. The molecule has 1 aromatic heterocycles. The van der Waals surface area contributed by atoms with Crippen LogP contribution in [0.2, 0.25) is 0 Å². The molecule has 2 rings (SSSR count). The van der Waals surface area contributed by atoms with E-state index in [4.69, 9.17) is 9.15 Å². The second-order valence-corrected chi connectivity index (χ2v) is 4.27. The van der Waals surface area contributed by atoms with Crippen LogP contribution in [-0.4, -0.2) is 31.6 Å². The molecule has 1 aromatic carbocycles. The summed E-state index contributed by atoms with van der Waals surface area (Å²) in [4.78, 5) is 22.0. The summed E-state index contributed by atoms with van der Waals surface area (Å²) in [6, 6.07) is 6.17. The monoisotopic (exact) mass is 290 g/mol. The Morgan fingerprint density at radius 1 is 1.33 bits per heavy atom. The molecule has 0 radical (unpaired) electrons. The van der Waals surface area contributed by atoms with E-state index in [0.717, 1.165) is 0 Å². The molecule has 0 saturated heterocycles. The SMILES string of the molecule is COC(=O)Cc1cc(OC)c(O)c(-c2ccc(C=O)o2)c1. The molecule has 6 heteroatoms. The van der Waals surface area contributed by atoms with Gasteiger partial charge in [0.25, 0.3) is 0 Å². The van der Waals surface area contributed by atoms with Gasteiger partial charge in [0.1, 0.15) is 5.76 Å². The van der Waals surface area contributed by atoms with Crippen LogP contribution in [-0.2, 0) is 16.0 Å². The van der Waals surface area contributed by atoms with Crippen molar-refractivity contribution in [1.82, 2.24) is 0 Å². The number of phenols is 1. The second kappa shape index (κ2) is 6.13. The minimum atomic E-state index is -0.415. The molecule has 0 aliphatic heterocycles. The Morgan fingerprint density at radius 2 is 2.10 bits per heavy atom. The van der Waals surface area contributed by atoms with Gasteiger partial charge in [0, 0.05) is 0 Å². The second-order valence-electron chi connectivity index (χ2n) is 4.27. The third-order valence-corrected chi connectivity index (χ3v) is 2.94. The molecule has 1 N–H and O–H groups in total. The highest BCUT2D eigenvalue weighted by Gasteiger charge is 2.17. The lowest BCUT2D eigenvalue weighted by atomic mass is 10.0. The Hall–Kier alpha value is -2.76. The smallest absolute Gasteiger partial charge is 0.309 e. The fraction of sp³-hybridized carbons (Fsp3) is 0.200. The fourth-order valence-corrected chi connectivity index (χ4v) is 1.91. The van der Waals surface area contributed by atoms with E-state index in [9.17, 15) is 14.7 Å². The number of benzene rings is 1. The molecule has 1 heterocycles. The maximum absolute atomic E-state index is 11.4. The van der Waals surface area contributed by atoms with Crippen molar-refractivity contribution in [3.8, 4) is 22.8 Å². The number of aldehydes is 1. The van der Waals surface area contributed by atoms with Crippen LogP contribution < -0.4 is 4.74 Å². The van der Waals surface area contributed by atoms with Crippen molar-refractivity contribution in [3.63, 3.8) is 0 Å². The summed E-state index contributed by atoms with van der Waals surface area (Å²) in [6.45, 7) is 0. The molecule has 0 spiro atoms. The van der Waals surface area contributed by atoms with Crippen LogP contribution in [0.3, 0.4) is 0 Å². The summed E-state index contributed by atoms with van der Waals surface area (Å²) < 4.78 is 15.0. The average Bonchev–Trinajstić information content (AvgIpc) is 2.97. The molecule has 0 saturated carbocycles. The van der Waals surface area contributed by atoms with E-state index >= 15 is 0 Å². The van der Waals surface area contributed by atoms with Crippen molar-refractivity contribution in [2.75, 3.05) is 14.2 Å².